The second kappa shape index (κ2) is 11.3. The third kappa shape index (κ3) is 7.35. The lowest BCUT2D eigenvalue weighted by atomic mass is 10.1. The van der Waals surface area contributed by atoms with Crippen molar-refractivity contribution in [1.29, 1.82) is 0 Å². The fourth-order valence-corrected chi connectivity index (χ4v) is 2.07. The van der Waals surface area contributed by atoms with Crippen molar-refractivity contribution in [2.75, 3.05) is 26.2 Å². The molecule has 0 unspecified atom stereocenters. The first-order valence-electron chi connectivity index (χ1n) is 8.61. The lowest BCUT2D eigenvalue weighted by Gasteiger charge is -2.13. The molecule has 0 saturated heterocycles. The summed E-state index contributed by atoms with van der Waals surface area (Å²) in [5.74, 6) is 1.44. The second-order valence-corrected chi connectivity index (χ2v) is 5.46. The number of amides is 1. The van der Waals surface area contributed by atoms with Gasteiger partial charge >= 0.3 is 0 Å². The number of guanidine groups is 1. The molecule has 0 aliphatic carbocycles. The Bertz CT molecular complexity index is 544. The number of likely N-dealkylation sites (N-methyl/N-ethyl adjacent to an activating group) is 1. The number of benzene rings is 1. The first-order valence-corrected chi connectivity index (χ1v) is 8.61. The van der Waals surface area contributed by atoms with Gasteiger partial charge in [-0.2, -0.15) is 0 Å². The van der Waals surface area contributed by atoms with Crippen molar-refractivity contribution in [2.45, 2.75) is 40.7 Å². The van der Waals surface area contributed by atoms with Gasteiger partial charge in [-0.05, 0) is 38.8 Å². The van der Waals surface area contributed by atoms with Gasteiger partial charge in [0.25, 0.3) is 0 Å². The third-order valence-electron chi connectivity index (χ3n) is 3.23. The minimum atomic E-state index is -0.0505. The topological polar surface area (TPSA) is 74.8 Å². The second-order valence-electron chi connectivity index (χ2n) is 5.46. The van der Waals surface area contributed by atoms with E-state index in [0.717, 1.165) is 29.8 Å². The van der Waals surface area contributed by atoms with Crippen LogP contribution in [0.25, 0.3) is 0 Å². The first-order chi connectivity index (χ1) is 11.6. The Morgan fingerprint density at radius 1 is 1.12 bits per heavy atom. The van der Waals surface area contributed by atoms with Crippen molar-refractivity contribution in [3.05, 3.63) is 29.3 Å². The van der Waals surface area contributed by atoms with Gasteiger partial charge in [-0.3, -0.25) is 4.79 Å². The van der Waals surface area contributed by atoms with E-state index in [2.05, 4.69) is 33.9 Å². The van der Waals surface area contributed by atoms with Crippen LogP contribution in [0.5, 0.6) is 5.75 Å². The van der Waals surface area contributed by atoms with Crippen LogP contribution in [-0.2, 0) is 11.3 Å². The van der Waals surface area contributed by atoms with Crippen LogP contribution in [0.15, 0.2) is 23.2 Å². The summed E-state index contributed by atoms with van der Waals surface area (Å²) in [6.45, 7) is 10.7. The predicted octanol–water partition coefficient (Wildman–Crippen LogP) is 1.98. The van der Waals surface area contributed by atoms with E-state index in [0.29, 0.717) is 25.7 Å². The quantitative estimate of drug-likeness (QED) is 0.477. The molecule has 0 bridgehead atoms. The van der Waals surface area contributed by atoms with Crippen molar-refractivity contribution in [3.63, 3.8) is 0 Å². The number of nitrogens with one attached hydrogen (secondary N) is 3. The molecule has 0 radical (unpaired) electrons. The highest BCUT2D eigenvalue weighted by Crippen LogP contribution is 2.21. The molecule has 0 atom stereocenters. The van der Waals surface area contributed by atoms with Crippen LogP contribution in [0.1, 0.15) is 38.3 Å². The van der Waals surface area contributed by atoms with Crippen LogP contribution in [0.4, 0.5) is 0 Å². The Morgan fingerprint density at radius 2 is 1.88 bits per heavy atom. The average molecular weight is 334 g/mol. The largest absolute Gasteiger partial charge is 0.493 e. The molecule has 0 aromatic heterocycles. The molecule has 1 aromatic rings. The van der Waals surface area contributed by atoms with Crippen LogP contribution >= 0.6 is 0 Å². The Kier molecular flexibility index (Phi) is 9.34. The zero-order chi connectivity index (χ0) is 17.8. The molecule has 134 valence electrons. The van der Waals surface area contributed by atoms with Gasteiger partial charge in [0, 0.05) is 18.7 Å². The van der Waals surface area contributed by atoms with Gasteiger partial charge in [0.05, 0.1) is 19.7 Å². The highest BCUT2D eigenvalue weighted by molar-refractivity contribution is 5.86. The van der Waals surface area contributed by atoms with Gasteiger partial charge in [-0.15, -0.1) is 0 Å². The SMILES string of the molecule is CCCOc1cc(C)ccc1CN=C(NCC)NCC(=O)NCC. The van der Waals surface area contributed by atoms with E-state index >= 15 is 0 Å². The van der Waals surface area contributed by atoms with Gasteiger partial charge in [0.2, 0.25) is 5.91 Å². The van der Waals surface area contributed by atoms with Gasteiger partial charge in [0.1, 0.15) is 5.75 Å². The van der Waals surface area contributed by atoms with Gasteiger partial charge in [-0.25, -0.2) is 4.99 Å². The van der Waals surface area contributed by atoms with Gasteiger partial charge in [-0.1, -0.05) is 19.1 Å². The molecule has 0 saturated carbocycles. The number of hydrogen-bond donors (Lipinski definition) is 3. The summed E-state index contributed by atoms with van der Waals surface area (Å²) in [4.78, 5) is 16.1. The highest BCUT2D eigenvalue weighted by atomic mass is 16.5. The molecule has 1 aromatic carbocycles. The summed E-state index contributed by atoms with van der Waals surface area (Å²) in [5, 5.41) is 8.93. The van der Waals surface area contributed by atoms with E-state index in [-0.39, 0.29) is 12.5 Å². The molecule has 6 heteroatoms. The number of aliphatic imine (C=N–C) groups is 1. The third-order valence-corrected chi connectivity index (χ3v) is 3.23. The zero-order valence-electron chi connectivity index (χ0n) is 15.2. The van der Waals surface area contributed by atoms with Crippen molar-refractivity contribution < 1.29 is 9.53 Å². The lowest BCUT2D eigenvalue weighted by molar-refractivity contribution is -0.119. The molecule has 0 aliphatic heterocycles. The standard InChI is InChI=1S/C18H30N4O2/c1-5-10-24-16-11-14(4)8-9-15(16)12-21-18(20-7-3)22-13-17(23)19-6-2/h8-9,11H,5-7,10,12-13H2,1-4H3,(H,19,23)(H2,20,21,22). The highest BCUT2D eigenvalue weighted by Gasteiger charge is 2.06. The normalized spacial score (nSPS) is 11.1. The van der Waals surface area contributed by atoms with Crippen LogP contribution < -0.4 is 20.7 Å². The minimum Gasteiger partial charge on any atom is -0.493 e. The van der Waals surface area contributed by atoms with Crippen LogP contribution in [-0.4, -0.2) is 38.1 Å². The summed E-state index contributed by atoms with van der Waals surface area (Å²) in [6, 6.07) is 6.13. The molecule has 3 N–H and O–H groups in total. The number of hydrogen-bond acceptors (Lipinski definition) is 3. The maximum absolute atomic E-state index is 11.6. The number of aryl methyl sites for hydroxylation is 1. The van der Waals surface area contributed by atoms with E-state index in [1.54, 1.807) is 0 Å². The minimum absolute atomic E-state index is 0.0505. The number of carbonyl (C=O) groups is 1. The molecule has 0 spiro atoms. The number of rotatable bonds is 9. The van der Waals surface area contributed by atoms with Crippen molar-refractivity contribution >= 4 is 11.9 Å². The van der Waals surface area contributed by atoms with Crippen LogP contribution in [0.2, 0.25) is 0 Å². The summed E-state index contributed by atoms with van der Waals surface area (Å²) < 4.78 is 5.82. The Labute approximate surface area is 145 Å². The number of nitrogens with zero attached hydrogens (tertiary/aromatic N) is 1. The lowest BCUT2D eigenvalue weighted by Crippen LogP contribution is -2.43. The smallest absolute Gasteiger partial charge is 0.239 e. The fraction of sp³-hybridized carbons (Fsp3) is 0.556. The summed E-state index contributed by atoms with van der Waals surface area (Å²) in [6.07, 6.45) is 0.966. The molecule has 1 amide bonds. The summed E-state index contributed by atoms with van der Waals surface area (Å²) >= 11 is 0. The van der Waals surface area contributed by atoms with Gasteiger partial charge < -0.3 is 20.7 Å². The summed E-state index contributed by atoms with van der Waals surface area (Å²) in [5.41, 5.74) is 2.19. The maximum Gasteiger partial charge on any atom is 0.239 e. The predicted molar refractivity (Wildman–Crippen MR) is 98.5 cm³/mol. The molecule has 0 fully saturated rings. The van der Waals surface area contributed by atoms with E-state index < -0.39 is 0 Å². The van der Waals surface area contributed by atoms with Crippen molar-refractivity contribution in [1.82, 2.24) is 16.0 Å². The molecule has 0 heterocycles. The Hall–Kier alpha value is -2.24. The molecule has 0 aliphatic rings. The molecule has 1 rings (SSSR count). The van der Waals surface area contributed by atoms with Gasteiger partial charge in [0.15, 0.2) is 5.96 Å². The van der Waals surface area contributed by atoms with Crippen LogP contribution in [0, 0.1) is 6.92 Å². The van der Waals surface area contributed by atoms with E-state index in [1.165, 1.54) is 0 Å². The maximum atomic E-state index is 11.6. The molecule has 6 nitrogen and oxygen atoms in total. The Balaban J connectivity index is 2.75. The van der Waals surface area contributed by atoms with Crippen molar-refractivity contribution in [3.8, 4) is 5.75 Å². The molecular weight excluding hydrogens is 304 g/mol. The molecular formula is C18H30N4O2. The van der Waals surface area contributed by atoms with Crippen molar-refractivity contribution in [2.24, 2.45) is 4.99 Å². The zero-order valence-corrected chi connectivity index (χ0v) is 15.2. The van der Waals surface area contributed by atoms with Crippen LogP contribution in [0.3, 0.4) is 0 Å². The fourth-order valence-electron chi connectivity index (χ4n) is 2.07. The summed E-state index contributed by atoms with van der Waals surface area (Å²) in [7, 11) is 0. The monoisotopic (exact) mass is 334 g/mol. The number of carbonyl (C=O) groups excluding carboxylic acids is 1. The average Bonchev–Trinajstić information content (AvgIpc) is 2.56. The first kappa shape index (κ1) is 19.8. The van der Waals surface area contributed by atoms with E-state index in [4.69, 9.17) is 4.74 Å². The molecule has 24 heavy (non-hydrogen) atoms. The van der Waals surface area contributed by atoms with E-state index in [9.17, 15) is 4.79 Å². The van der Waals surface area contributed by atoms with E-state index in [1.807, 2.05) is 32.9 Å². The number of ether oxygens (including phenoxy) is 1. The Morgan fingerprint density at radius 3 is 2.54 bits per heavy atom.